The van der Waals surface area contributed by atoms with Crippen molar-refractivity contribution >= 4 is 41.5 Å². The Morgan fingerprint density at radius 1 is 1.42 bits per heavy atom. The Balaban J connectivity index is 0.00000288. The fourth-order valence-corrected chi connectivity index (χ4v) is 2.45. The van der Waals surface area contributed by atoms with Crippen molar-refractivity contribution in [3.05, 3.63) is 28.8 Å². The van der Waals surface area contributed by atoms with Gasteiger partial charge in [0.25, 0.3) is 5.91 Å². The number of amides is 2. The highest BCUT2D eigenvalue weighted by atomic mass is 35.5. The maximum absolute atomic E-state index is 12.4. The Labute approximate surface area is 151 Å². The Kier molecular flexibility index (Phi) is 8.44. The van der Waals surface area contributed by atoms with Crippen LogP contribution in [0.2, 0.25) is 5.02 Å². The number of carbonyl (C=O) groups excluding carboxylic acids is 2. The SMILES string of the molecule is COCC(N)C(=O)Nc1ccc(C(=O)N2CCOCC2)c(Cl)c1.Cl. The minimum atomic E-state index is -0.770. The van der Waals surface area contributed by atoms with Crippen molar-refractivity contribution in [3.8, 4) is 0 Å². The van der Waals surface area contributed by atoms with E-state index in [1.165, 1.54) is 13.2 Å². The number of hydrogen-bond donors (Lipinski definition) is 2. The van der Waals surface area contributed by atoms with Gasteiger partial charge < -0.3 is 25.4 Å². The van der Waals surface area contributed by atoms with E-state index in [1.807, 2.05) is 0 Å². The van der Waals surface area contributed by atoms with Crippen molar-refractivity contribution in [1.82, 2.24) is 4.90 Å². The molecule has 1 aliphatic heterocycles. The summed E-state index contributed by atoms with van der Waals surface area (Å²) >= 11 is 6.18. The van der Waals surface area contributed by atoms with E-state index in [-0.39, 0.29) is 35.9 Å². The van der Waals surface area contributed by atoms with Crippen LogP contribution in [-0.4, -0.2) is 62.8 Å². The van der Waals surface area contributed by atoms with E-state index in [4.69, 9.17) is 26.8 Å². The molecule has 0 aromatic heterocycles. The van der Waals surface area contributed by atoms with Crippen LogP contribution in [0, 0.1) is 0 Å². The molecule has 1 atom stereocenters. The number of ether oxygens (including phenoxy) is 2. The molecule has 24 heavy (non-hydrogen) atoms. The number of morpholine rings is 1. The molecule has 1 aromatic carbocycles. The van der Waals surface area contributed by atoms with Crippen LogP contribution in [0.25, 0.3) is 0 Å². The van der Waals surface area contributed by atoms with Gasteiger partial charge in [0.2, 0.25) is 5.91 Å². The van der Waals surface area contributed by atoms with Gasteiger partial charge in [-0.05, 0) is 18.2 Å². The third-order valence-electron chi connectivity index (χ3n) is 3.45. The largest absolute Gasteiger partial charge is 0.383 e. The molecular weight excluding hydrogens is 357 g/mol. The second kappa shape index (κ2) is 9.80. The lowest BCUT2D eigenvalue weighted by Gasteiger charge is -2.27. The van der Waals surface area contributed by atoms with Crippen LogP contribution in [0.15, 0.2) is 18.2 Å². The molecular formula is C15H21Cl2N3O4. The number of nitrogens with zero attached hydrogens (tertiary/aromatic N) is 1. The number of rotatable bonds is 5. The highest BCUT2D eigenvalue weighted by molar-refractivity contribution is 6.34. The van der Waals surface area contributed by atoms with Crippen LogP contribution >= 0.6 is 24.0 Å². The van der Waals surface area contributed by atoms with Crippen LogP contribution in [0.5, 0.6) is 0 Å². The van der Waals surface area contributed by atoms with Crippen LogP contribution in [-0.2, 0) is 14.3 Å². The minimum absolute atomic E-state index is 0. The van der Waals surface area contributed by atoms with Gasteiger partial charge in [-0.1, -0.05) is 11.6 Å². The summed E-state index contributed by atoms with van der Waals surface area (Å²) in [6.07, 6.45) is 0. The lowest BCUT2D eigenvalue weighted by molar-refractivity contribution is -0.118. The lowest BCUT2D eigenvalue weighted by atomic mass is 10.1. The molecule has 134 valence electrons. The highest BCUT2D eigenvalue weighted by Crippen LogP contribution is 2.23. The Morgan fingerprint density at radius 2 is 2.08 bits per heavy atom. The van der Waals surface area contributed by atoms with Crippen molar-refractivity contribution in [2.75, 3.05) is 45.3 Å². The molecule has 3 N–H and O–H groups in total. The summed E-state index contributed by atoms with van der Waals surface area (Å²) in [5, 5.41) is 2.92. The lowest BCUT2D eigenvalue weighted by Crippen LogP contribution is -2.40. The molecule has 1 aromatic rings. The first kappa shape index (κ1) is 20.7. The first-order valence-corrected chi connectivity index (χ1v) is 7.62. The second-order valence-electron chi connectivity index (χ2n) is 5.15. The zero-order chi connectivity index (χ0) is 16.8. The van der Waals surface area contributed by atoms with E-state index in [2.05, 4.69) is 5.32 Å². The number of halogens is 2. The molecule has 1 saturated heterocycles. The summed E-state index contributed by atoms with van der Waals surface area (Å²) in [7, 11) is 1.47. The zero-order valence-corrected chi connectivity index (χ0v) is 14.9. The van der Waals surface area contributed by atoms with E-state index in [1.54, 1.807) is 17.0 Å². The number of carbonyl (C=O) groups is 2. The molecule has 1 fully saturated rings. The van der Waals surface area contributed by atoms with Gasteiger partial charge in [0, 0.05) is 25.9 Å². The smallest absolute Gasteiger partial charge is 0.255 e. The number of nitrogens with two attached hydrogens (primary N) is 1. The minimum Gasteiger partial charge on any atom is -0.383 e. The molecule has 1 aliphatic rings. The van der Waals surface area contributed by atoms with Crippen molar-refractivity contribution in [2.24, 2.45) is 5.73 Å². The standard InChI is InChI=1S/C15H20ClN3O4.ClH/c1-22-9-13(17)14(20)18-10-2-3-11(12(16)8-10)15(21)19-4-6-23-7-5-19;/h2-3,8,13H,4-7,9,17H2,1H3,(H,18,20);1H. The third kappa shape index (κ3) is 5.32. The van der Waals surface area contributed by atoms with Crippen LogP contribution in [0.4, 0.5) is 5.69 Å². The highest BCUT2D eigenvalue weighted by Gasteiger charge is 2.21. The molecule has 0 spiro atoms. The van der Waals surface area contributed by atoms with Gasteiger partial charge >= 0.3 is 0 Å². The number of anilines is 1. The Hall–Kier alpha value is -1.38. The average molecular weight is 378 g/mol. The molecule has 2 amide bonds. The van der Waals surface area contributed by atoms with Crippen molar-refractivity contribution in [2.45, 2.75) is 6.04 Å². The number of methoxy groups -OCH3 is 1. The summed E-state index contributed by atoms with van der Waals surface area (Å²) in [6, 6.07) is 3.98. The molecule has 0 radical (unpaired) electrons. The van der Waals surface area contributed by atoms with Gasteiger partial charge in [0.1, 0.15) is 6.04 Å². The van der Waals surface area contributed by atoms with Crippen molar-refractivity contribution < 1.29 is 19.1 Å². The van der Waals surface area contributed by atoms with E-state index < -0.39 is 6.04 Å². The van der Waals surface area contributed by atoms with E-state index >= 15 is 0 Å². The van der Waals surface area contributed by atoms with Gasteiger partial charge in [-0.2, -0.15) is 0 Å². The van der Waals surface area contributed by atoms with E-state index in [0.29, 0.717) is 37.6 Å². The summed E-state index contributed by atoms with van der Waals surface area (Å²) in [5.74, 6) is -0.526. The molecule has 9 heteroatoms. The summed E-state index contributed by atoms with van der Waals surface area (Å²) in [4.78, 5) is 25.9. The average Bonchev–Trinajstić information content (AvgIpc) is 2.55. The summed E-state index contributed by atoms with van der Waals surface area (Å²) < 4.78 is 10.1. The Morgan fingerprint density at radius 3 is 2.67 bits per heavy atom. The van der Waals surface area contributed by atoms with Gasteiger partial charge in [-0.3, -0.25) is 9.59 Å². The molecule has 0 aliphatic carbocycles. The van der Waals surface area contributed by atoms with E-state index in [9.17, 15) is 9.59 Å². The van der Waals surface area contributed by atoms with E-state index in [0.717, 1.165) is 0 Å². The van der Waals surface area contributed by atoms with Gasteiger partial charge in [0.05, 0.1) is 30.4 Å². The van der Waals surface area contributed by atoms with Gasteiger partial charge in [0.15, 0.2) is 0 Å². The quantitative estimate of drug-likeness (QED) is 0.802. The number of nitrogens with one attached hydrogen (secondary N) is 1. The monoisotopic (exact) mass is 377 g/mol. The fraction of sp³-hybridized carbons (Fsp3) is 0.467. The number of hydrogen-bond acceptors (Lipinski definition) is 5. The maximum atomic E-state index is 12.4. The van der Waals surface area contributed by atoms with Gasteiger partial charge in [-0.25, -0.2) is 0 Å². The second-order valence-corrected chi connectivity index (χ2v) is 5.56. The van der Waals surface area contributed by atoms with Crippen LogP contribution < -0.4 is 11.1 Å². The zero-order valence-electron chi connectivity index (χ0n) is 13.3. The Bertz CT molecular complexity index is 580. The van der Waals surface area contributed by atoms with Crippen LogP contribution in [0.3, 0.4) is 0 Å². The first-order valence-electron chi connectivity index (χ1n) is 7.25. The predicted octanol–water partition coefficient (Wildman–Crippen LogP) is 1.15. The fourth-order valence-electron chi connectivity index (χ4n) is 2.19. The topological polar surface area (TPSA) is 93.9 Å². The third-order valence-corrected chi connectivity index (χ3v) is 3.76. The predicted molar refractivity (Wildman–Crippen MR) is 93.9 cm³/mol. The normalized spacial score (nSPS) is 15.4. The van der Waals surface area contributed by atoms with Crippen molar-refractivity contribution in [1.29, 1.82) is 0 Å². The molecule has 1 unspecified atom stereocenters. The summed E-state index contributed by atoms with van der Waals surface area (Å²) in [5.41, 5.74) is 6.52. The molecule has 2 rings (SSSR count). The molecule has 7 nitrogen and oxygen atoms in total. The van der Waals surface area contributed by atoms with Gasteiger partial charge in [-0.15, -0.1) is 12.4 Å². The molecule has 0 saturated carbocycles. The molecule has 0 bridgehead atoms. The van der Waals surface area contributed by atoms with Crippen LogP contribution in [0.1, 0.15) is 10.4 Å². The maximum Gasteiger partial charge on any atom is 0.255 e. The first-order chi connectivity index (χ1) is 11.0. The summed E-state index contributed by atoms with van der Waals surface area (Å²) in [6.45, 7) is 2.25. The number of benzene rings is 1. The van der Waals surface area contributed by atoms with Crippen molar-refractivity contribution in [3.63, 3.8) is 0 Å². The molecule has 1 heterocycles.